The lowest BCUT2D eigenvalue weighted by Gasteiger charge is -2.34. The molecule has 0 aromatic heterocycles. The average Bonchev–Trinajstić information content (AvgIpc) is 2.28. The fraction of sp³-hybridized carbons (Fsp3) is 0.909. The zero-order chi connectivity index (χ0) is 11.3. The topological polar surface area (TPSA) is 41.6 Å². The third kappa shape index (κ3) is 3.47. The lowest BCUT2D eigenvalue weighted by molar-refractivity contribution is -0.142. The minimum atomic E-state index is -0.307. The number of ether oxygens (including phenoxy) is 1. The summed E-state index contributed by atoms with van der Waals surface area (Å²) < 4.78 is 5.05. The number of nitrogens with one attached hydrogen (secondary N) is 1. The first-order chi connectivity index (χ1) is 7.19. The number of methoxy groups -OCH3 is 1. The van der Waals surface area contributed by atoms with Crippen molar-refractivity contribution in [2.24, 2.45) is 5.92 Å². The molecule has 0 aromatic carbocycles. The molecule has 1 saturated heterocycles. The Balaban J connectivity index is 2.44. The van der Waals surface area contributed by atoms with Crippen molar-refractivity contribution in [2.45, 2.75) is 25.9 Å². The summed E-state index contributed by atoms with van der Waals surface area (Å²) in [6.07, 6.45) is 2.01. The SMILES string of the molecule is CNCC1CCCN(C(=O)C(C)OC)C1. The fourth-order valence-electron chi connectivity index (χ4n) is 2.08. The third-order valence-corrected chi connectivity index (χ3v) is 3.02. The molecule has 2 atom stereocenters. The standard InChI is InChI=1S/C11H22N2O2/c1-9(15-3)11(14)13-6-4-5-10(8-13)7-12-2/h9-10,12H,4-8H2,1-3H3. The largest absolute Gasteiger partial charge is 0.372 e. The Labute approximate surface area is 92.0 Å². The van der Waals surface area contributed by atoms with Crippen LogP contribution in [0.15, 0.2) is 0 Å². The first-order valence-corrected chi connectivity index (χ1v) is 5.65. The molecule has 1 aliphatic heterocycles. The highest BCUT2D eigenvalue weighted by Gasteiger charge is 2.26. The highest BCUT2D eigenvalue weighted by atomic mass is 16.5. The lowest BCUT2D eigenvalue weighted by atomic mass is 9.97. The predicted octanol–water partition coefficient (Wildman–Crippen LogP) is 0.479. The number of amides is 1. The maximum atomic E-state index is 11.9. The van der Waals surface area contributed by atoms with Crippen LogP contribution >= 0.6 is 0 Å². The van der Waals surface area contributed by atoms with Crippen LogP contribution in [0.3, 0.4) is 0 Å². The molecule has 4 nitrogen and oxygen atoms in total. The highest BCUT2D eigenvalue weighted by molar-refractivity contribution is 5.80. The second-order valence-corrected chi connectivity index (χ2v) is 4.23. The summed E-state index contributed by atoms with van der Waals surface area (Å²) in [6.45, 7) is 4.55. The Morgan fingerprint density at radius 1 is 1.67 bits per heavy atom. The minimum Gasteiger partial charge on any atom is -0.372 e. The van der Waals surface area contributed by atoms with Gasteiger partial charge in [-0.3, -0.25) is 4.79 Å². The quantitative estimate of drug-likeness (QED) is 0.740. The van der Waals surface area contributed by atoms with Crippen LogP contribution in [-0.4, -0.2) is 50.7 Å². The van der Waals surface area contributed by atoms with Crippen molar-refractivity contribution in [3.8, 4) is 0 Å². The zero-order valence-corrected chi connectivity index (χ0v) is 9.95. The molecule has 1 fully saturated rings. The molecule has 1 rings (SSSR count). The second-order valence-electron chi connectivity index (χ2n) is 4.23. The van der Waals surface area contributed by atoms with Crippen LogP contribution in [0.25, 0.3) is 0 Å². The summed E-state index contributed by atoms with van der Waals surface area (Å²) in [5.74, 6) is 0.718. The van der Waals surface area contributed by atoms with E-state index in [-0.39, 0.29) is 12.0 Å². The van der Waals surface area contributed by atoms with E-state index < -0.39 is 0 Å². The number of piperidine rings is 1. The first-order valence-electron chi connectivity index (χ1n) is 5.65. The maximum absolute atomic E-state index is 11.9. The molecule has 1 N–H and O–H groups in total. The number of nitrogens with zero attached hydrogens (tertiary/aromatic N) is 1. The van der Waals surface area contributed by atoms with Crippen molar-refractivity contribution < 1.29 is 9.53 Å². The molecular formula is C11H22N2O2. The Morgan fingerprint density at radius 3 is 3.00 bits per heavy atom. The van der Waals surface area contributed by atoms with E-state index in [1.54, 1.807) is 7.11 Å². The van der Waals surface area contributed by atoms with Crippen molar-refractivity contribution in [3.05, 3.63) is 0 Å². The molecule has 4 heteroatoms. The van der Waals surface area contributed by atoms with Gasteiger partial charge in [0.05, 0.1) is 0 Å². The molecule has 0 radical (unpaired) electrons. The summed E-state index contributed by atoms with van der Waals surface area (Å²) in [7, 11) is 3.54. The number of rotatable bonds is 4. The van der Waals surface area contributed by atoms with E-state index in [0.29, 0.717) is 5.92 Å². The summed E-state index contributed by atoms with van der Waals surface area (Å²) in [6, 6.07) is 0. The van der Waals surface area contributed by atoms with Gasteiger partial charge in [-0.25, -0.2) is 0 Å². The number of likely N-dealkylation sites (tertiary alicyclic amines) is 1. The third-order valence-electron chi connectivity index (χ3n) is 3.02. The zero-order valence-electron chi connectivity index (χ0n) is 9.95. The molecule has 0 aliphatic carbocycles. The van der Waals surface area contributed by atoms with E-state index in [1.807, 2.05) is 18.9 Å². The van der Waals surface area contributed by atoms with Gasteiger partial charge >= 0.3 is 0 Å². The van der Waals surface area contributed by atoms with Crippen LogP contribution in [0.4, 0.5) is 0 Å². The Morgan fingerprint density at radius 2 is 2.40 bits per heavy atom. The van der Waals surface area contributed by atoms with Crippen LogP contribution in [0.2, 0.25) is 0 Å². The molecule has 2 unspecified atom stereocenters. The summed E-state index contributed by atoms with van der Waals surface area (Å²) >= 11 is 0. The molecule has 1 amide bonds. The van der Waals surface area contributed by atoms with E-state index in [4.69, 9.17) is 4.74 Å². The van der Waals surface area contributed by atoms with E-state index in [0.717, 1.165) is 26.1 Å². The van der Waals surface area contributed by atoms with Gasteiger partial charge in [-0.15, -0.1) is 0 Å². The number of carbonyl (C=O) groups excluding carboxylic acids is 1. The lowest BCUT2D eigenvalue weighted by Crippen LogP contribution is -2.46. The van der Waals surface area contributed by atoms with E-state index in [2.05, 4.69) is 5.32 Å². The summed E-state index contributed by atoms with van der Waals surface area (Å²) in [4.78, 5) is 13.8. The normalized spacial score (nSPS) is 23.9. The van der Waals surface area contributed by atoms with Gasteiger partial charge in [0.15, 0.2) is 0 Å². The van der Waals surface area contributed by atoms with Gasteiger partial charge in [-0.1, -0.05) is 0 Å². The molecule has 0 saturated carbocycles. The van der Waals surface area contributed by atoms with Gasteiger partial charge in [0.25, 0.3) is 5.91 Å². The van der Waals surface area contributed by atoms with E-state index >= 15 is 0 Å². The Kier molecular flexibility index (Phi) is 5.05. The Hall–Kier alpha value is -0.610. The smallest absolute Gasteiger partial charge is 0.251 e. The molecule has 1 heterocycles. The van der Waals surface area contributed by atoms with Crippen LogP contribution in [0, 0.1) is 5.92 Å². The van der Waals surface area contributed by atoms with Gasteiger partial charge in [-0.2, -0.15) is 0 Å². The summed E-state index contributed by atoms with van der Waals surface area (Å²) in [5, 5.41) is 3.17. The fourth-order valence-corrected chi connectivity index (χ4v) is 2.08. The number of carbonyl (C=O) groups is 1. The average molecular weight is 214 g/mol. The van der Waals surface area contributed by atoms with Crippen molar-refractivity contribution in [1.82, 2.24) is 10.2 Å². The molecule has 0 bridgehead atoms. The van der Waals surface area contributed by atoms with Gasteiger partial charge < -0.3 is 15.0 Å². The Bertz CT molecular complexity index is 207. The monoisotopic (exact) mass is 214 g/mol. The van der Waals surface area contributed by atoms with Crippen molar-refractivity contribution in [2.75, 3.05) is 33.8 Å². The minimum absolute atomic E-state index is 0.123. The van der Waals surface area contributed by atoms with Crippen molar-refractivity contribution >= 4 is 5.91 Å². The van der Waals surface area contributed by atoms with E-state index in [1.165, 1.54) is 6.42 Å². The number of hydrogen-bond donors (Lipinski definition) is 1. The summed E-state index contributed by atoms with van der Waals surface area (Å²) in [5.41, 5.74) is 0. The van der Waals surface area contributed by atoms with Crippen LogP contribution in [-0.2, 0) is 9.53 Å². The van der Waals surface area contributed by atoms with Crippen LogP contribution in [0.1, 0.15) is 19.8 Å². The molecule has 0 spiro atoms. The molecule has 88 valence electrons. The molecule has 0 aromatic rings. The first kappa shape index (κ1) is 12.5. The van der Waals surface area contributed by atoms with Crippen molar-refractivity contribution in [3.63, 3.8) is 0 Å². The van der Waals surface area contributed by atoms with Gasteiger partial charge in [0.1, 0.15) is 6.10 Å². The highest BCUT2D eigenvalue weighted by Crippen LogP contribution is 2.16. The van der Waals surface area contributed by atoms with Crippen molar-refractivity contribution in [1.29, 1.82) is 0 Å². The predicted molar refractivity (Wildman–Crippen MR) is 59.7 cm³/mol. The van der Waals surface area contributed by atoms with E-state index in [9.17, 15) is 4.79 Å². The molecule has 15 heavy (non-hydrogen) atoms. The number of hydrogen-bond acceptors (Lipinski definition) is 3. The maximum Gasteiger partial charge on any atom is 0.251 e. The van der Waals surface area contributed by atoms with Gasteiger partial charge in [0, 0.05) is 20.2 Å². The van der Waals surface area contributed by atoms with Gasteiger partial charge in [0.2, 0.25) is 0 Å². The van der Waals surface area contributed by atoms with Crippen LogP contribution in [0.5, 0.6) is 0 Å². The van der Waals surface area contributed by atoms with Gasteiger partial charge in [-0.05, 0) is 39.3 Å². The molecule has 1 aliphatic rings. The second kappa shape index (κ2) is 6.08. The van der Waals surface area contributed by atoms with Crippen LogP contribution < -0.4 is 5.32 Å². The molecular weight excluding hydrogens is 192 g/mol.